The van der Waals surface area contributed by atoms with Crippen molar-refractivity contribution in [3.63, 3.8) is 0 Å². The average molecular weight is 593 g/mol. The van der Waals surface area contributed by atoms with E-state index in [1.54, 1.807) is 0 Å². The van der Waals surface area contributed by atoms with E-state index in [4.69, 9.17) is 23.4 Å². The molecular weight excluding hydrogens is 552 g/mol. The minimum absolute atomic E-state index is 0.135. The number of furan rings is 1. The van der Waals surface area contributed by atoms with Gasteiger partial charge in [-0.1, -0.05) is 121 Å². The number of ether oxygens (including phenoxy) is 4. The molecule has 0 fully saturated rings. The Morgan fingerprint density at radius 1 is 0.591 bits per heavy atom. The Hall–Kier alpha value is -4.04. The van der Waals surface area contributed by atoms with Crippen LogP contribution in [0.15, 0.2) is 132 Å². The van der Waals surface area contributed by atoms with E-state index in [1.807, 2.05) is 134 Å². The quantitative estimate of drug-likeness (QED) is 0.119. The Morgan fingerprint density at radius 3 is 1.52 bits per heavy atom. The molecule has 0 spiro atoms. The van der Waals surface area contributed by atoms with Crippen LogP contribution in [-0.4, -0.2) is 23.9 Å². The Morgan fingerprint density at radius 2 is 1.05 bits per heavy atom. The summed E-state index contributed by atoms with van der Waals surface area (Å²) >= 11 is 0. The molecule has 0 amide bonds. The topological polar surface area (TPSA) is 70.3 Å². The molecule has 3 atom stereocenters. The number of hydrogen-bond acceptors (Lipinski definition) is 6. The molecule has 5 aromatic rings. The van der Waals surface area contributed by atoms with Gasteiger partial charge in [0.1, 0.15) is 29.8 Å². The van der Waals surface area contributed by atoms with E-state index in [1.165, 1.54) is 0 Å². The highest BCUT2D eigenvalue weighted by molar-refractivity contribution is 5.23. The standard InChI is InChI=1S/C38H40O6/c1-29-34(23-39)22-35(44-29)37(42-26-32-18-10-4-11-19-32)38(43-27-33-20-12-5-13-21-33)36(41-25-31-16-8-3-9-17-31)28-40-24-30-14-6-2-7-15-30/h2-22,36-39H,23-28H2,1H3/t36-,37+,38+/m1/s1. The third-order valence-corrected chi connectivity index (χ3v) is 7.41. The van der Waals surface area contributed by atoms with E-state index in [-0.39, 0.29) is 13.2 Å². The van der Waals surface area contributed by atoms with Gasteiger partial charge in [0.2, 0.25) is 0 Å². The smallest absolute Gasteiger partial charge is 0.144 e. The molecule has 228 valence electrons. The van der Waals surface area contributed by atoms with Gasteiger partial charge in [0, 0.05) is 5.56 Å². The highest BCUT2D eigenvalue weighted by Crippen LogP contribution is 2.33. The predicted octanol–water partition coefficient (Wildman–Crippen LogP) is 7.73. The zero-order chi connectivity index (χ0) is 30.4. The van der Waals surface area contributed by atoms with Gasteiger partial charge in [0.15, 0.2) is 0 Å². The summed E-state index contributed by atoms with van der Waals surface area (Å²) < 4.78 is 32.5. The first-order valence-electron chi connectivity index (χ1n) is 15.0. The molecule has 0 aliphatic rings. The number of aryl methyl sites for hydroxylation is 1. The van der Waals surface area contributed by atoms with E-state index < -0.39 is 18.3 Å². The van der Waals surface area contributed by atoms with Gasteiger partial charge in [0.25, 0.3) is 0 Å². The summed E-state index contributed by atoms with van der Waals surface area (Å²) in [6, 6.07) is 42.0. The maximum Gasteiger partial charge on any atom is 0.144 e. The van der Waals surface area contributed by atoms with Crippen molar-refractivity contribution in [1.29, 1.82) is 0 Å². The lowest BCUT2D eigenvalue weighted by atomic mass is 10.0. The Labute approximate surface area is 259 Å². The molecule has 6 nitrogen and oxygen atoms in total. The molecule has 4 aromatic carbocycles. The van der Waals surface area contributed by atoms with Crippen LogP contribution in [0.1, 0.15) is 45.4 Å². The van der Waals surface area contributed by atoms with Gasteiger partial charge in [-0.15, -0.1) is 0 Å². The normalized spacial score (nSPS) is 13.4. The van der Waals surface area contributed by atoms with E-state index in [9.17, 15) is 5.11 Å². The third kappa shape index (κ3) is 9.23. The van der Waals surface area contributed by atoms with Crippen molar-refractivity contribution < 1.29 is 28.5 Å². The fraction of sp³-hybridized carbons (Fsp3) is 0.263. The van der Waals surface area contributed by atoms with Crippen molar-refractivity contribution >= 4 is 0 Å². The van der Waals surface area contributed by atoms with Crippen molar-refractivity contribution in [2.24, 2.45) is 0 Å². The van der Waals surface area contributed by atoms with Crippen molar-refractivity contribution in [1.82, 2.24) is 0 Å². The molecule has 6 heteroatoms. The minimum atomic E-state index is -0.654. The summed E-state index contributed by atoms with van der Waals surface area (Å²) in [5.74, 6) is 1.21. The van der Waals surface area contributed by atoms with Gasteiger partial charge >= 0.3 is 0 Å². The zero-order valence-electron chi connectivity index (χ0n) is 25.1. The largest absolute Gasteiger partial charge is 0.463 e. The lowest BCUT2D eigenvalue weighted by Gasteiger charge is -2.33. The molecule has 0 aliphatic carbocycles. The Balaban J connectivity index is 1.47. The fourth-order valence-corrected chi connectivity index (χ4v) is 4.98. The van der Waals surface area contributed by atoms with Crippen molar-refractivity contribution in [3.8, 4) is 0 Å². The first-order chi connectivity index (χ1) is 21.7. The van der Waals surface area contributed by atoms with Crippen LogP contribution in [-0.2, 0) is 52.0 Å². The maximum absolute atomic E-state index is 9.98. The lowest BCUT2D eigenvalue weighted by Crippen LogP contribution is -2.41. The first kappa shape index (κ1) is 31.4. The maximum atomic E-state index is 9.98. The Kier molecular flexibility index (Phi) is 11.9. The summed E-state index contributed by atoms with van der Waals surface area (Å²) in [5, 5.41) is 9.98. The lowest BCUT2D eigenvalue weighted by molar-refractivity contribution is -0.174. The van der Waals surface area contributed by atoms with Crippen LogP contribution >= 0.6 is 0 Å². The molecule has 1 aromatic heterocycles. The van der Waals surface area contributed by atoms with Gasteiger partial charge in [-0.25, -0.2) is 0 Å². The molecular formula is C38H40O6. The van der Waals surface area contributed by atoms with Crippen LogP contribution in [0, 0.1) is 6.92 Å². The summed E-state index contributed by atoms with van der Waals surface area (Å²) in [4.78, 5) is 0. The number of rotatable bonds is 17. The third-order valence-electron chi connectivity index (χ3n) is 7.41. The number of aliphatic hydroxyl groups is 1. The summed E-state index contributed by atoms with van der Waals surface area (Å²) in [7, 11) is 0. The van der Waals surface area contributed by atoms with Gasteiger partial charge in [-0.2, -0.15) is 0 Å². The average Bonchev–Trinajstić information content (AvgIpc) is 3.46. The monoisotopic (exact) mass is 592 g/mol. The molecule has 0 unspecified atom stereocenters. The van der Waals surface area contributed by atoms with E-state index >= 15 is 0 Å². The van der Waals surface area contributed by atoms with Crippen molar-refractivity contribution in [2.45, 2.75) is 58.3 Å². The molecule has 5 rings (SSSR count). The molecule has 44 heavy (non-hydrogen) atoms. The highest BCUT2D eigenvalue weighted by Gasteiger charge is 2.36. The molecule has 0 saturated carbocycles. The van der Waals surface area contributed by atoms with Crippen LogP contribution in [0.5, 0.6) is 0 Å². The predicted molar refractivity (Wildman–Crippen MR) is 169 cm³/mol. The highest BCUT2D eigenvalue weighted by atomic mass is 16.6. The van der Waals surface area contributed by atoms with Crippen LogP contribution in [0.4, 0.5) is 0 Å². The van der Waals surface area contributed by atoms with Gasteiger partial charge in [-0.3, -0.25) is 0 Å². The second-order valence-corrected chi connectivity index (χ2v) is 10.7. The molecule has 0 radical (unpaired) electrons. The summed E-state index contributed by atoms with van der Waals surface area (Å²) in [6.45, 7) is 3.45. The molecule has 0 saturated heterocycles. The second kappa shape index (κ2) is 16.7. The number of hydrogen-bond donors (Lipinski definition) is 1. The van der Waals surface area contributed by atoms with Gasteiger partial charge in [0.05, 0.1) is 39.6 Å². The molecule has 0 bridgehead atoms. The summed E-state index contributed by atoms with van der Waals surface area (Å²) in [5.41, 5.74) is 4.87. The fourth-order valence-electron chi connectivity index (χ4n) is 4.98. The minimum Gasteiger partial charge on any atom is -0.463 e. The SMILES string of the molecule is Cc1oc([C@H](OCc2ccccc2)[C@@H](OCc2ccccc2)[C@@H](COCc2ccccc2)OCc2ccccc2)cc1CO. The number of benzene rings is 4. The first-order valence-corrected chi connectivity index (χ1v) is 15.0. The molecule has 1 N–H and O–H groups in total. The van der Waals surface area contributed by atoms with E-state index in [0.717, 1.165) is 22.3 Å². The van der Waals surface area contributed by atoms with Crippen LogP contribution in [0.25, 0.3) is 0 Å². The number of aliphatic hydroxyl groups excluding tert-OH is 1. The molecule has 1 heterocycles. The van der Waals surface area contributed by atoms with Crippen molar-refractivity contribution in [3.05, 3.63) is 167 Å². The van der Waals surface area contributed by atoms with Crippen molar-refractivity contribution in [2.75, 3.05) is 6.61 Å². The van der Waals surface area contributed by atoms with Gasteiger partial charge < -0.3 is 28.5 Å². The van der Waals surface area contributed by atoms with Crippen LogP contribution < -0.4 is 0 Å². The summed E-state index contributed by atoms with van der Waals surface area (Å²) in [6.07, 6.45) is -1.79. The van der Waals surface area contributed by atoms with E-state index in [0.29, 0.717) is 43.5 Å². The Bertz CT molecular complexity index is 1490. The second-order valence-electron chi connectivity index (χ2n) is 10.7. The van der Waals surface area contributed by atoms with Gasteiger partial charge in [-0.05, 0) is 35.2 Å². The zero-order valence-corrected chi connectivity index (χ0v) is 25.1. The molecule has 0 aliphatic heterocycles. The van der Waals surface area contributed by atoms with Crippen LogP contribution in [0.3, 0.4) is 0 Å². The van der Waals surface area contributed by atoms with Crippen LogP contribution in [0.2, 0.25) is 0 Å². The van der Waals surface area contributed by atoms with E-state index in [2.05, 4.69) is 0 Å².